The van der Waals surface area contributed by atoms with Gasteiger partial charge in [0.15, 0.2) is 11.4 Å². The SMILES string of the molecule is CC1C(CSc2nccn2C)OC(c2cccc(N3C(=O)CC(NC(=O)OCc4ccccc4)C3=O)c2)OC1c1ccc(CO)cc1. The first-order chi connectivity index (χ1) is 22.8. The van der Waals surface area contributed by atoms with E-state index < -0.39 is 30.2 Å². The molecule has 2 saturated heterocycles. The van der Waals surface area contributed by atoms with Crippen LogP contribution < -0.4 is 10.2 Å². The number of alkyl carbamates (subject to hydrolysis) is 1. The third-order valence-corrected chi connectivity index (χ3v) is 9.48. The summed E-state index contributed by atoms with van der Waals surface area (Å²) in [6.07, 6.45) is 1.33. The van der Waals surface area contributed by atoms with Gasteiger partial charge in [0.25, 0.3) is 5.91 Å². The first-order valence-corrected chi connectivity index (χ1v) is 16.3. The number of aromatic nitrogens is 2. The number of nitrogens with one attached hydrogen (secondary N) is 1. The highest BCUT2D eigenvalue weighted by molar-refractivity contribution is 7.99. The van der Waals surface area contributed by atoms with Gasteiger partial charge in [-0.25, -0.2) is 14.7 Å². The number of nitrogens with zero attached hydrogens (tertiary/aromatic N) is 3. The molecule has 0 spiro atoms. The number of carbonyl (C=O) groups excluding carboxylic acids is 3. The molecule has 0 radical (unpaired) electrons. The van der Waals surface area contributed by atoms with E-state index >= 15 is 0 Å². The highest BCUT2D eigenvalue weighted by atomic mass is 32.2. The molecule has 0 bridgehead atoms. The van der Waals surface area contributed by atoms with E-state index in [0.29, 0.717) is 17.0 Å². The normalized spacial score (nSPS) is 22.8. The van der Waals surface area contributed by atoms with Crippen LogP contribution >= 0.6 is 11.8 Å². The van der Waals surface area contributed by atoms with E-state index in [1.807, 2.05) is 78.5 Å². The fourth-order valence-electron chi connectivity index (χ4n) is 5.69. The second kappa shape index (κ2) is 14.5. The molecule has 3 amide bonds. The Hall–Kier alpha value is -4.49. The topological polar surface area (TPSA) is 132 Å². The lowest BCUT2D eigenvalue weighted by Gasteiger charge is -2.41. The number of aryl methyl sites for hydroxylation is 1. The molecule has 11 nitrogen and oxygen atoms in total. The van der Waals surface area contributed by atoms with Crippen LogP contribution in [-0.4, -0.2) is 50.5 Å². The Morgan fingerprint density at radius 2 is 1.81 bits per heavy atom. The Kier molecular flexibility index (Phi) is 10.0. The van der Waals surface area contributed by atoms with E-state index in [-0.39, 0.29) is 37.8 Å². The molecule has 3 aromatic carbocycles. The average Bonchev–Trinajstić information content (AvgIpc) is 3.63. The molecule has 2 fully saturated rings. The second-order valence-corrected chi connectivity index (χ2v) is 12.6. The minimum atomic E-state index is -1.05. The number of imidazole rings is 1. The van der Waals surface area contributed by atoms with Crippen molar-refractivity contribution in [3.05, 3.63) is 114 Å². The molecule has 47 heavy (non-hydrogen) atoms. The van der Waals surface area contributed by atoms with Crippen molar-refractivity contribution < 1.29 is 33.7 Å². The summed E-state index contributed by atoms with van der Waals surface area (Å²) in [5.74, 6) is -0.398. The van der Waals surface area contributed by atoms with Crippen LogP contribution in [0.4, 0.5) is 10.5 Å². The van der Waals surface area contributed by atoms with E-state index in [1.165, 1.54) is 0 Å². The second-order valence-electron chi connectivity index (χ2n) is 11.6. The molecule has 4 aromatic rings. The van der Waals surface area contributed by atoms with Gasteiger partial charge in [0.05, 0.1) is 30.9 Å². The van der Waals surface area contributed by atoms with Gasteiger partial charge in [-0.1, -0.05) is 85.4 Å². The summed E-state index contributed by atoms with van der Waals surface area (Å²) in [6.45, 7) is 2.07. The molecule has 6 rings (SSSR count). The first-order valence-electron chi connectivity index (χ1n) is 15.4. The number of imide groups is 1. The van der Waals surface area contributed by atoms with Gasteiger partial charge in [-0.15, -0.1) is 0 Å². The minimum absolute atomic E-state index is 0.0302. The summed E-state index contributed by atoms with van der Waals surface area (Å²) in [6, 6.07) is 22.7. The number of hydrogen-bond donors (Lipinski definition) is 2. The Bertz CT molecular complexity index is 1710. The number of benzene rings is 3. The Morgan fingerprint density at radius 1 is 1.02 bits per heavy atom. The van der Waals surface area contributed by atoms with Crippen molar-refractivity contribution in [3.63, 3.8) is 0 Å². The summed E-state index contributed by atoms with van der Waals surface area (Å²) in [4.78, 5) is 44.4. The number of hydrogen-bond acceptors (Lipinski definition) is 9. The smallest absolute Gasteiger partial charge is 0.408 e. The van der Waals surface area contributed by atoms with Gasteiger partial charge in [0.1, 0.15) is 12.6 Å². The van der Waals surface area contributed by atoms with Crippen molar-refractivity contribution in [1.29, 1.82) is 0 Å². The maximum absolute atomic E-state index is 13.4. The van der Waals surface area contributed by atoms with Gasteiger partial charge in [-0.2, -0.15) is 0 Å². The monoisotopic (exact) mass is 656 g/mol. The van der Waals surface area contributed by atoms with Crippen LogP contribution in [0, 0.1) is 5.92 Å². The molecular formula is C35H36N4O7S. The zero-order valence-electron chi connectivity index (χ0n) is 26.0. The molecule has 244 valence electrons. The van der Waals surface area contributed by atoms with E-state index in [2.05, 4.69) is 17.2 Å². The molecule has 5 atom stereocenters. The molecule has 3 heterocycles. The predicted octanol–water partition coefficient (Wildman–Crippen LogP) is 5.05. The number of aliphatic hydroxyl groups excluding tert-OH is 1. The highest BCUT2D eigenvalue weighted by Crippen LogP contribution is 2.43. The van der Waals surface area contributed by atoms with E-state index in [4.69, 9.17) is 14.2 Å². The average molecular weight is 657 g/mol. The predicted molar refractivity (Wildman–Crippen MR) is 174 cm³/mol. The maximum Gasteiger partial charge on any atom is 0.408 e. The van der Waals surface area contributed by atoms with Crippen LogP contribution in [0.5, 0.6) is 0 Å². The van der Waals surface area contributed by atoms with Gasteiger partial charge < -0.3 is 29.2 Å². The molecule has 0 saturated carbocycles. The quantitative estimate of drug-likeness (QED) is 0.178. The number of ether oxygens (including phenoxy) is 3. The molecule has 2 N–H and O–H groups in total. The fourth-order valence-corrected chi connectivity index (χ4v) is 6.79. The van der Waals surface area contributed by atoms with Crippen molar-refractivity contribution in [1.82, 2.24) is 14.9 Å². The fraction of sp³-hybridized carbons (Fsp3) is 0.314. The van der Waals surface area contributed by atoms with Crippen LogP contribution in [0.15, 0.2) is 96.4 Å². The highest BCUT2D eigenvalue weighted by Gasteiger charge is 2.42. The van der Waals surface area contributed by atoms with Gasteiger partial charge in [-0.05, 0) is 28.8 Å². The lowest BCUT2D eigenvalue weighted by molar-refractivity contribution is -0.268. The van der Waals surface area contributed by atoms with Crippen molar-refractivity contribution >= 4 is 35.4 Å². The van der Waals surface area contributed by atoms with E-state index in [9.17, 15) is 19.5 Å². The molecule has 0 aliphatic carbocycles. The van der Waals surface area contributed by atoms with Crippen molar-refractivity contribution in [3.8, 4) is 0 Å². The molecule has 2 aliphatic rings. The lowest BCUT2D eigenvalue weighted by atomic mass is 9.91. The largest absolute Gasteiger partial charge is 0.445 e. The number of aliphatic hydroxyl groups is 1. The van der Waals surface area contributed by atoms with E-state index in [1.54, 1.807) is 36.2 Å². The van der Waals surface area contributed by atoms with Crippen LogP contribution in [0.2, 0.25) is 0 Å². The summed E-state index contributed by atoms with van der Waals surface area (Å²) in [5, 5.41) is 12.9. The standard InChI is InChI=1S/C35H36N4O7S/c1-22-29(21-47-34-36-15-16-38(34)2)45-33(46-31(22)25-13-11-23(19-40)12-14-25)26-9-6-10-27(17-26)39-30(41)18-28(32(39)42)37-35(43)44-20-24-7-4-3-5-8-24/h3-17,22,28-29,31,33,40H,18-21H2,1-2H3,(H,37,43). The number of anilines is 1. The third-order valence-electron chi connectivity index (χ3n) is 8.33. The summed E-state index contributed by atoms with van der Waals surface area (Å²) >= 11 is 1.59. The summed E-state index contributed by atoms with van der Waals surface area (Å²) in [5.41, 5.74) is 3.55. The van der Waals surface area contributed by atoms with Crippen LogP contribution in [0.25, 0.3) is 0 Å². The summed E-state index contributed by atoms with van der Waals surface area (Å²) in [7, 11) is 1.94. The molecule has 2 aliphatic heterocycles. The third kappa shape index (κ3) is 7.41. The molecule has 5 unspecified atom stereocenters. The van der Waals surface area contributed by atoms with Gasteiger partial charge in [0.2, 0.25) is 5.91 Å². The summed E-state index contributed by atoms with van der Waals surface area (Å²) < 4.78 is 20.3. The van der Waals surface area contributed by atoms with Crippen molar-refractivity contribution in [2.24, 2.45) is 13.0 Å². The van der Waals surface area contributed by atoms with Gasteiger partial charge in [0, 0.05) is 36.7 Å². The minimum Gasteiger partial charge on any atom is -0.445 e. The zero-order chi connectivity index (χ0) is 32.9. The Labute approximate surface area is 276 Å². The van der Waals surface area contributed by atoms with Crippen molar-refractivity contribution in [2.75, 3.05) is 10.7 Å². The lowest BCUT2D eigenvalue weighted by Crippen LogP contribution is -2.42. The Morgan fingerprint density at radius 3 is 2.53 bits per heavy atom. The first kappa shape index (κ1) is 32.5. The van der Waals surface area contributed by atoms with Gasteiger partial charge >= 0.3 is 6.09 Å². The van der Waals surface area contributed by atoms with Crippen LogP contribution in [0.1, 0.15) is 48.0 Å². The Balaban J connectivity index is 1.18. The number of carbonyl (C=O) groups is 3. The molecule has 1 aromatic heterocycles. The van der Waals surface area contributed by atoms with E-state index in [0.717, 1.165) is 26.7 Å². The number of rotatable bonds is 10. The van der Waals surface area contributed by atoms with Crippen LogP contribution in [-0.2, 0) is 44.1 Å². The zero-order valence-corrected chi connectivity index (χ0v) is 26.8. The van der Waals surface area contributed by atoms with Crippen molar-refractivity contribution in [2.45, 2.75) is 56.3 Å². The maximum atomic E-state index is 13.4. The molecular weight excluding hydrogens is 620 g/mol. The van der Waals surface area contributed by atoms with Gasteiger partial charge in [-0.3, -0.25) is 9.59 Å². The molecule has 12 heteroatoms. The van der Waals surface area contributed by atoms with Crippen LogP contribution in [0.3, 0.4) is 0 Å². The number of amides is 3. The number of thioether (sulfide) groups is 1.